The number of aromatic nitrogens is 2. The number of halogens is 1. The molecule has 0 radical (unpaired) electrons. The van der Waals surface area contributed by atoms with Crippen molar-refractivity contribution >= 4 is 30.1 Å². The summed E-state index contributed by atoms with van der Waals surface area (Å²) < 4.78 is 10.9. The highest BCUT2D eigenvalue weighted by atomic mass is 35.5. The predicted octanol–water partition coefficient (Wildman–Crippen LogP) is 2.47. The molecule has 0 aliphatic carbocycles. The zero-order chi connectivity index (χ0) is 22.5. The zero-order valence-electron chi connectivity index (χ0n) is 17.2. The van der Waals surface area contributed by atoms with Crippen molar-refractivity contribution in [2.24, 2.45) is 0 Å². The van der Waals surface area contributed by atoms with Gasteiger partial charge in [0, 0.05) is 23.7 Å². The number of carboxylic acid groups (broad SMARTS) is 1. The van der Waals surface area contributed by atoms with Crippen molar-refractivity contribution in [1.29, 1.82) is 0 Å². The third kappa shape index (κ3) is 5.30. The average Bonchev–Trinajstić information content (AvgIpc) is 2.73. The number of benzene rings is 2. The van der Waals surface area contributed by atoms with Crippen LogP contribution in [-0.2, 0) is 6.42 Å². The summed E-state index contributed by atoms with van der Waals surface area (Å²) in [6.07, 6.45) is 1.97. The van der Waals surface area contributed by atoms with Crippen LogP contribution in [0.15, 0.2) is 36.5 Å². The Bertz CT molecular complexity index is 1220. The van der Waals surface area contributed by atoms with E-state index in [0.717, 1.165) is 5.56 Å². The minimum absolute atomic E-state index is 0. The first-order valence-corrected chi connectivity index (χ1v) is 9.02. The van der Waals surface area contributed by atoms with E-state index >= 15 is 0 Å². The maximum atomic E-state index is 11.0. The Morgan fingerprint density at radius 3 is 2.47 bits per heavy atom. The lowest BCUT2D eigenvalue weighted by molar-refractivity contribution is 0.0693. The Morgan fingerprint density at radius 1 is 1.12 bits per heavy atom. The van der Waals surface area contributed by atoms with Gasteiger partial charge in [-0.15, -0.1) is 12.4 Å². The summed E-state index contributed by atoms with van der Waals surface area (Å²) >= 11 is 0. The van der Waals surface area contributed by atoms with Crippen LogP contribution >= 0.6 is 12.4 Å². The van der Waals surface area contributed by atoms with Crippen LogP contribution in [0.25, 0.3) is 0 Å². The van der Waals surface area contributed by atoms with E-state index < -0.39 is 5.97 Å². The number of aromatic carboxylic acids is 1. The Labute approximate surface area is 190 Å². The van der Waals surface area contributed by atoms with Crippen LogP contribution < -0.4 is 20.9 Å². The number of methoxy groups -OCH3 is 2. The molecule has 2 aromatic carbocycles. The van der Waals surface area contributed by atoms with Crippen LogP contribution in [0.3, 0.4) is 0 Å². The van der Waals surface area contributed by atoms with E-state index in [9.17, 15) is 9.90 Å². The van der Waals surface area contributed by atoms with Crippen LogP contribution in [0.1, 0.15) is 32.6 Å². The van der Waals surface area contributed by atoms with E-state index in [1.165, 1.54) is 32.4 Å². The molecule has 3 aromatic rings. The number of rotatable bonds is 5. The van der Waals surface area contributed by atoms with E-state index in [1.54, 1.807) is 12.3 Å². The number of carbonyl (C=O) groups is 1. The Kier molecular flexibility index (Phi) is 7.71. The number of hydrogen-bond acceptors (Lipinski definition) is 8. The van der Waals surface area contributed by atoms with E-state index in [2.05, 4.69) is 21.8 Å². The fourth-order valence-electron chi connectivity index (χ4n) is 2.94. The fourth-order valence-corrected chi connectivity index (χ4v) is 2.94. The second-order valence-electron chi connectivity index (χ2n) is 6.48. The molecule has 0 fully saturated rings. The number of hydrogen-bond donors (Lipinski definition) is 4. The zero-order valence-corrected chi connectivity index (χ0v) is 18.1. The molecule has 10 heteroatoms. The van der Waals surface area contributed by atoms with E-state index in [1.807, 2.05) is 6.07 Å². The van der Waals surface area contributed by atoms with Gasteiger partial charge in [-0.1, -0.05) is 11.8 Å². The van der Waals surface area contributed by atoms with Gasteiger partial charge in [-0.25, -0.2) is 9.78 Å². The summed E-state index contributed by atoms with van der Waals surface area (Å²) in [6.45, 7) is 0. The number of nitrogens with zero attached hydrogens (tertiary/aromatic N) is 2. The Morgan fingerprint density at radius 2 is 1.88 bits per heavy atom. The predicted molar refractivity (Wildman–Crippen MR) is 122 cm³/mol. The van der Waals surface area contributed by atoms with Gasteiger partial charge >= 0.3 is 5.97 Å². The van der Waals surface area contributed by atoms with Crippen LogP contribution in [0.5, 0.6) is 17.2 Å². The van der Waals surface area contributed by atoms with Gasteiger partial charge < -0.3 is 31.2 Å². The summed E-state index contributed by atoms with van der Waals surface area (Å²) in [5, 5.41) is 18.9. The standard InChI is InChI=1S/C22H20N4O5.ClH/c1-30-18-10-13(8-15-11-25-22(24)26-20(15)23)7-14(19(18)31-2)5-3-12-4-6-16(21(28)29)17(27)9-12;/h4,6-7,9-11,27H,8H2,1-2H3,(H,28,29)(H4,23,24,25,26);1H. The summed E-state index contributed by atoms with van der Waals surface area (Å²) in [7, 11) is 3.02. The van der Waals surface area contributed by atoms with Crippen molar-refractivity contribution in [1.82, 2.24) is 9.97 Å². The van der Waals surface area contributed by atoms with Gasteiger partial charge in [0.05, 0.1) is 19.8 Å². The third-order valence-corrected chi connectivity index (χ3v) is 4.42. The van der Waals surface area contributed by atoms with Crippen LogP contribution in [0.2, 0.25) is 0 Å². The van der Waals surface area contributed by atoms with Gasteiger partial charge in [0.15, 0.2) is 11.5 Å². The molecule has 6 N–H and O–H groups in total. The first-order chi connectivity index (χ1) is 14.8. The van der Waals surface area contributed by atoms with Gasteiger partial charge in [-0.2, -0.15) is 4.98 Å². The van der Waals surface area contributed by atoms with Crippen molar-refractivity contribution in [2.75, 3.05) is 25.7 Å². The molecular formula is C22H21ClN4O5. The van der Waals surface area contributed by atoms with Crippen molar-refractivity contribution in [3.05, 3.63) is 64.3 Å². The van der Waals surface area contributed by atoms with E-state index in [4.69, 9.17) is 26.0 Å². The number of nitrogen functional groups attached to an aromatic ring is 2. The molecule has 0 aliphatic heterocycles. The Hall–Kier alpha value is -4.16. The molecule has 166 valence electrons. The summed E-state index contributed by atoms with van der Waals surface area (Å²) in [5.41, 5.74) is 13.8. The second-order valence-corrected chi connectivity index (χ2v) is 6.48. The van der Waals surface area contributed by atoms with Gasteiger partial charge in [-0.05, 0) is 35.9 Å². The molecule has 1 heterocycles. The van der Waals surface area contributed by atoms with Crippen molar-refractivity contribution in [3.8, 4) is 29.1 Å². The highest BCUT2D eigenvalue weighted by molar-refractivity contribution is 5.91. The number of phenols is 1. The van der Waals surface area contributed by atoms with Crippen LogP contribution in [-0.4, -0.2) is 40.4 Å². The number of nitrogens with two attached hydrogens (primary N) is 2. The molecule has 0 unspecified atom stereocenters. The summed E-state index contributed by atoms with van der Waals surface area (Å²) in [4.78, 5) is 19.0. The molecule has 32 heavy (non-hydrogen) atoms. The maximum absolute atomic E-state index is 11.0. The molecule has 0 saturated carbocycles. The van der Waals surface area contributed by atoms with Gasteiger partial charge in [0.1, 0.15) is 17.1 Å². The number of anilines is 2. The topological polar surface area (TPSA) is 154 Å². The van der Waals surface area contributed by atoms with Crippen LogP contribution in [0, 0.1) is 11.8 Å². The van der Waals surface area contributed by atoms with E-state index in [-0.39, 0.29) is 35.5 Å². The molecule has 0 spiro atoms. The SMILES string of the molecule is COc1cc(Cc2cnc(N)nc2N)cc(C#Cc2ccc(C(=O)O)c(O)c2)c1OC.Cl. The molecule has 0 saturated heterocycles. The van der Waals surface area contributed by atoms with Crippen molar-refractivity contribution < 1.29 is 24.5 Å². The number of ether oxygens (including phenoxy) is 2. The fraction of sp³-hybridized carbons (Fsp3) is 0.136. The largest absolute Gasteiger partial charge is 0.507 e. The van der Waals surface area contributed by atoms with Crippen molar-refractivity contribution in [2.45, 2.75) is 6.42 Å². The molecule has 9 nitrogen and oxygen atoms in total. The minimum Gasteiger partial charge on any atom is -0.507 e. The average molecular weight is 457 g/mol. The second kappa shape index (κ2) is 10.2. The molecule has 0 amide bonds. The molecule has 1 aromatic heterocycles. The molecule has 0 aliphatic rings. The lowest BCUT2D eigenvalue weighted by Gasteiger charge is -2.13. The molecule has 0 atom stereocenters. The Balaban J connectivity index is 0.00000363. The highest BCUT2D eigenvalue weighted by Crippen LogP contribution is 2.33. The monoisotopic (exact) mass is 456 g/mol. The quantitative estimate of drug-likeness (QED) is 0.424. The summed E-state index contributed by atoms with van der Waals surface area (Å²) in [5.74, 6) is 5.59. The third-order valence-electron chi connectivity index (χ3n) is 4.42. The molecule has 3 rings (SSSR count). The lowest BCUT2D eigenvalue weighted by Crippen LogP contribution is -2.04. The van der Waals surface area contributed by atoms with Gasteiger partial charge in [0.25, 0.3) is 0 Å². The van der Waals surface area contributed by atoms with Crippen LogP contribution in [0.4, 0.5) is 11.8 Å². The minimum atomic E-state index is -1.22. The van der Waals surface area contributed by atoms with Gasteiger partial charge in [-0.3, -0.25) is 0 Å². The van der Waals surface area contributed by atoms with E-state index in [0.29, 0.717) is 34.6 Å². The smallest absolute Gasteiger partial charge is 0.339 e. The van der Waals surface area contributed by atoms with Crippen molar-refractivity contribution in [3.63, 3.8) is 0 Å². The summed E-state index contributed by atoms with van der Waals surface area (Å²) in [6, 6.07) is 7.70. The molecule has 0 bridgehead atoms. The first-order valence-electron chi connectivity index (χ1n) is 9.02. The highest BCUT2D eigenvalue weighted by Gasteiger charge is 2.14. The number of aromatic hydroxyl groups is 1. The lowest BCUT2D eigenvalue weighted by atomic mass is 10.0. The number of carboxylic acids is 1. The molecular weight excluding hydrogens is 436 g/mol. The normalized spacial score (nSPS) is 9.81. The van der Waals surface area contributed by atoms with Gasteiger partial charge in [0.2, 0.25) is 5.95 Å². The maximum Gasteiger partial charge on any atom is 0.339 e. The first kappa shape index (κ1) is 24.1.